The lowest BCUT2D eigenvalue weighted by Gasteiger charge is -2.39. The maximum absolute atomic E-state index is 12.9. The topological polar surface area (TPSA) is 29.5 Å². The van der Waals surface area contributed by atoms with Crippen LogP contribution < -0.4 is 9.64 Å². The molecule has 0 bridgehead atoms. The molecule has 1 heterocycles. The van der Waals surface area contributed by atoms with E-state index in [4.69, 9.17) is 4.74 Å². The van der Waals surface area contributed by atoms with Crippen molar-refractivity contribution in [3.63, 3.8) is 0 Å². The van der Waals surface area contributed by atoms with Gasteiger partial charge in [0.15, 0.2) is 0 Å². The molecule has 21 heavy (non-hydrogen) atoms. The first-order valence-corrected chi connectivity index (χ1v) is 7.07. The van der Waals surface area contributed by atoms with Crippen molar-refractivity contribution in [1.82, 2.24) is 0 Å². The van der Waals surface area contributed by atoms with Crippen molar-refractivity contribution in [2.75, 3.05) is 19.1 Å². The SMILES string of the molecule is COc1ccccc1C1(C)Cc2ccccc2N(C)C1=O. The Kier molecular flexibility index (Phi) is 3.20. The van der Waals surface area contributed by atoms with E-state index >= 15 is 0 Å². The fourth-order valence-corrected chi connectivity index (χ4v) is 3.23. The average Bonchev–Trinajstić information content (AvgIpc) is 2.53. The number of methoxy groups -OCH3 is 1. The third-order valence-corrected chi connectivity index (χ3v) is 4.38. The van der Waals surface area contributed by atoms with Gasteiger partial charge in [-0.25, -0.2) is 0 Å². The zero-order valence-electron chi connectivity index (χ0n) is 12.6. The van der Waals surface area contributed by atoms with Crippen molar-refractivity contribution in [1.29, 1.82) is 0 Å². The highest BCUT2D eigenvalue weighted by Gasteiger charge is 2.43. The van der Waals surface area contributed by atoms with Crippen LogP contribution in [0.3, 0.4) is 0 Å². The van der Waals surface area contributed by atoms with Crippen molar-refractivity contribution < 1.29 is 9.53 Å². The average molecular weight is 281 g/mol. The fourth-order valence-electron chi connectivity index (χ4n) is 3.23. The Balaban J connectivity index is 2.16. The van der Waals surface area contributed by atoms with E-state index in [9.17, 15) is 4.79 Å². The summed E-state index contributed by atoms with van der Waals surface area (Å²) in [6.45, 7) is 2.00. The van der Waals surface area contributed by atoms with Crippen molar-refractivity contribution in [2.24, 2.45) is 0 Å². The van der Waals surface area contributed by atoms with Gasteiger partial charge >= 0.3 is 0 Å². The number of nitrogens with zero attached hydrogens (tertiary/aromatic N) is 1. The number of hydrogen-bond donors (Lipinski definition) is 0. The molecule has 0 spiro atoms. The number of para-hydroxylation sites is 2. The van der Waals surface area contributed by atoms with E-state index in [-0.39, 0.29) is 5.91 Å². The van der Waals surface area contributed by atoms with E-state index in [0.29, 0.717) is 6.42 Å². The van der Waals surface area contributed by atoms with Crippen molar-refractivity contribution >= 4 is 11.6 Å². The lowest BCUT2D eigenvalue weighted by atomic mass is 9.73. The summed E-state index contributed by atoms with van der Waals surface area (Å²) in [6, 6.07) is 15.8. The predicted octanol–water partition coefficient (Wildman–Crippen LogP) is 3.17. The molecule has 0 saturated heterocycles. The highest BCUT2D eigenvalue weighted by molar-refractivity contribution is 6.03. The first kappa shape index (κ1) is 13.7. The van der Waals surface area contributed by atoms with Gasteiger partial charge in [-0.15, -0.1) is 0 Å². The smallest absolute Gasteiger partial charge is 0.237 e. The fraction of sp³-hybridized carbons (Fsp3) is 0.278. The molecule has 0 fully saturated rings. The quantitative estimate of drug-likeness (QED) is 0.846. The Morgan fingerprint density at radius 1 is 1.10 bits per heavy atom. The van der Waals surface area contributed by atoms with Gasteiger partial charge < -0.3 is 9.64 Å². The van der Waals surface area contributed by atoms with E-state index in [1.165, 1.54) is 5.56 Å². The summed E-state index contributed by atoms with van der Waals surface area (Å²) in [5, 5.41) is 0. The van der Waals surface area contributed by atoms with Crippen LogP contribution in [0.1, 0.15) is 18.1 Å². The first-order valence-electron chi connectivity index (χ1n) is 7.07. The summed E-state index contributed by atoms with van der Waals surface area (Å²) in [6.07, 6.45) is 0.687. The van der Waals surface area contributed by atoms with Crippen LogP contribution in [0.25, 0.3) is 0 Å². The molecule has 3 rings (SSSR count). The molecular weight excluding hydrogens is 262 g/mol. The molecule has 0 aromatic heterocycles. The molecule has 1 unspecified atom stereocenters. The van der Waals surface area contributed by atoms with E-state index in [0.717, 1.165) is 17.0 Å². The minimum absolute atomic E-state index is 0.103. The number of carbonyl (C=O) groups excluding carboxylic acids is 1. The van der Waals surface area contributed by atoms with Crippen molar-refractivity contribution in [2.45, 2.75) is 18.8 Å². The molecule has 1 atom stereocenters. The van der Waals surface area contributed by atoms with Crippen LogP contribution in [-0.4, -0.2) is 20.1 Å². The first-order chi connectivity index (χ1) is 10.1. The standard InChI is InChI=1S/C18H19NO2/c1-18(14-9-5-7-11-16(14)21-3)12-13-8-4-6-10-15(13)19(2)17(18)20/h4-11H,12H2,1-3H3. The summed E-state index contributed by atoms with van der Waals surface area (Å²) in [4.78, 5) is 14.7. The van der Waals surface area contributed by atoms with Gasteiger partial charge in [0.25, 0.3) is 0 Å². The second kappa shape index (κ2) is 4.92. The van der Waals surface area contributed by atoms with Gasteiger partial charge in [-0.05, 0) is 31.0 Å². The minimum Gasteiger partial charge on any atom is -0.496 e. The van der Waals surface area contributed by atoms with Gasteiger partial charge in [-0.1, -0.05) is 36.4 Å². The van der Waals surface area contributed by atoms with Crippen LogP contribution in [0, 0.1) is 0 Å². The molecule has 2 aromatic rings. The molecule has 1 amide bonds. The van der Waals surface area contributed by atoms with E-state index in [1.807, 2.05) is 56.4 Å². The van der Waals surface area contributed by atoms with Gasteiger partial charge in [0.2, 0.25) is 5.91 Å². The van der Waals surface area contributed by atoms with Crippen LogP contribution in [0.4, 0.5) is 5.69 Å². The number of likely N-dealkylation sites (N-methyl/N-ethyl adjacent to an activating group) is 1. The third kappa shape index (κ3) is 2.00. The number of benzene rings is 2. The molecule has 0 saturated carbocycles. The molecule has 0 aliphatic carbocycles. The molecule has 0 N–H and O–H groups in total. The van der Waals surface area contributed by atoms with E-state index < -0.39 is 5.41 Å². The molecule has 2 aromatic carbocycles. The maximum atomic E-state index is 12.9. The van der Waals surface area contributed by atoms with Crippen molar-refractivity contribution in [3.8, 4) is 5.75 Å². The maximum Gasteiger partial charge on any atom is 0.237 e. The van der Waals surface area contributed by atoms with Gasteiger partial charge in [-0.3, -0.25) is 4.79 Å². The largest absolute Gasteiger partial charge is 0.496 e. The van der Waals surface area contributed by atoms with Gasteiger partial charge in [0, 0.05) is 18.3 Å². The Labute approximate surface area is 125 Å². The zero-order valence-corrected chi connectivity index (χ0v) is 12.6. The van der Waals surface area contributed by atoms with Gasteiger partial charge in [-0.2, -0.15) is 0 Å². The van der Waals surface area contributed by atoms with Gasteiger partial charge in [0.05, 0.1) is 12.5 Å². The number of anilines is 1. The summed E-state index contributed by atoms with van der Waals surface area (Å²) in [5.41, 5.74) is 2.53. The lowest BCUT2D eigenvalue weighted by molar-refractivity contribution is -0.123. The Bertz CT molecular complexity index is 695. The highest BCUT2D eigenvalue weighted by atomic mass is 16.5. The number of carbonyl (C=O) groups is 1. The monoisotopic (exact) mass is 281 g/mol. The van der Waals surface area contributed by atoms with Crippen molar-refractivity contribution in [3.05, 3.63) is 59.7 Å². The number of fused-ring (bicyclic) bond motifs is 1. The zero-order chi connectivity index (χ0) is 15.0. The summed E-state index contributed by atoms with van der Waals surface area (Å²) >= 11 is 0. The Morgan fingerprint density at radius 3 is 2.52 bits per heavy atom. The molecule has 1 aliphatic heterocycles. The highest BCUT2D eigenvalue weighted by Crippen LogP contribution is 2.42. The molecule has 108 valence electrons. The lowest BCUT2D eigenvalue weighted by Crippen LogP contribution is -2.48. The van der Waals surface area contributed by atoms with Crippen LogP contribution >= 0.6 is 0 Å². The second-order valence-electron chi connectivity index (χ2n) is 5.70. The third-order valence-electron chi connectivity index (χ3n) is 4.38. The molecule has 3 nitrogen and oxygen atoms in total. The van der Waals surface area contributed by atoms with Gasteiger partial charge in [0.1, 0.15) is 5.75 Å². The number of ether oxygens (including phenoxy) is 1. The van der Waals surface area contributed by atoms with E-state index in [2.05, 4.69) is 6.07 Å². The number of amides is 1. The number of hydrogen-bond acceptors (Lipinski definition) is 2. The predicted molar refractivity (Wildman–Crippen MR) is 83.9 cm³/mol. The van der Waals surface area contributed by atoms with Crippen LogP contribution in [0.2, 0.25) is 0 Å². The molecule has 0 radical (unpaired) electrons. The normalized spacial score (nSPS) is 21.1. The van der Waals surface area contributed by atoms with Crippen LogP contribution in [-0.2, 0) is 16.6 Å². The molecular formula is C18H19NO2. The van der Waals surface area contributed by atoms with E-state index in [1.54, 1.807) is 12.0 Å². The van der Waals surface area contributed by atoms with Crippen LogP contribution in [0.15, 0.2) is 48.5 Å². The minimum atomic E-state index is -0.601. The second-order valence-corrected chi connectivity index (χ2v) is 5.70. The Hall–Kier alpha value is -2.29. The summed E-state index contributed by atoms with van der Waals surface area (Å²) in [7, 11) is 3.49. The van der Waals surface area contributed by atoms with Crippen LogP contribution in [0.5, 0.6) is 5.75 Å². The number of rotatable bonds is 2. The molecule has 3 heteroatoms. The summed E-state index contributed by atoms with van der Waals surface area (Å²) in [5.74, 6) is 0.867. The summed E-state index contributed by atoms with van der Waals surface area (Å²) < 4.78 is 5.46. The Morgan fingerprint density at radius 2 is 1.76 bits per heavy atom. The molecule has 1 aliphatic rings.